The number of anilines is 1. The third kappa shape index (κ3) is 3.46. The fourth-order valence-corrected chi connectivity index (χ4v) is 3.61. The highest BCUT2D eigenvalue weighted by Crippen LogP contribution is 2.32. The van der Waals surface area contributed by atoms with Crippen molar-refractivity contribution < 1.29 is 14.9 Å². The molecule has 0 spiro atoms. The molecule has 0 saturated carbocycles. The average Bonchev–Trinajstić information content (AvgIpc) is 2.53. The monoisotopic (exact) mass is 321 g/mol. The lowest BCUT2D eigenvalue weighted by Gasteiger charge is -2.33. The molecule has 0 radical (unpaired) electrons. The van der Waals surface area contributed by atoms with E-state index >= 15 is 0 Å². The summed E-state index contributed by atoms with van der Waals surface area (Å²) in [5.41, 5.74) is 0.830. The van der Waals surface area contributed by atoms with E-state index in [9.17, 15) is 5.11 Å². The van der Waals surface area contributed by atoms with E-state index in [1.807, 2.05) is 0 Å². The first-order chi connectivity index (χ1) is 10.6. The van der Waals surface area contributed by atoms with Crippen LogP contribution in [-0.4, -0.2) is 44.1 Å². The van der Waals surface area contributed by atoms with E-state index in [-0.39, 0.29) is 5.75 Å². The summed E-state index contributed by atoms with van der Waals surface area (Å²) in [6.45, 7) is 1.78. The standard InChI is InChI=1S/C15H20N3O3P/c19-12-1-2-14-13(9-12)15(17-10-16-14)18-6-3-11(4-7-18)5-8-22(20)21/h1-2,9-11,19-21H,3-8H2. The Hall–Kier alpha value is -1.49. The molecule has 2 heterocycles. The lowest BCUT2D eigenvalue weighted by atomic mass is 9.94. The van der Waals surface area contributed by atoms with E-state index < -0.39 is 8.38 Å². The number of hydrogen-bond donors (Lipinski definition) is 3. The molecule has 7 heteroatoms. The van der Waals surface area contributed by atoms with Gasteiger partial charge in [0, 0.05) is 24.6 Å². The highest BCUT2D eigenvalue weighted by molar-refractivity contribution is 7.45. The number of piperidine rings is 1. The predicted octanol–water partition coefficient (Wildman–Crippen LogP) is 2.24. The first-order valence-corrected chi connectivity index (χ1v) is 8.90. The molecule has 118 valence electrons. The van der Waals surface area contributed by atoms with E-state index in [1.54, 1.807) is 24.5 Å². The Balaban J connectivity index is 1.72. The fraction of sp³-hybridized carbons (Fsp3) is 0.467. The average molecular weight is 321 g/mol. The molecule has 0 atom stereocenters. The second-order valence-corrected chi connectivity index (χ2v) is 6.91. The Morgan fingerprint density at radius 3 is 2.68 bits per heavy atom. The molecule has 0 amide bonds. The van der Waals surface area contributed by atoms with E-state index in [0.29, 0.717) is 12.1 Å². The maximum atomic E-state index is 9.70. The van der Waals surface area contributed by atoms with Crippen LogP contribution in [0.3, 0.4) is 0 Å². The molecule has 2 aromatic rings. The number of aromatic nitrogens is 2. The third-order valence-corrected chi connectivity index (χ3v) is 4.91. The van der Waals surface area contributed by atoms with Crippen molar-refractivity contribution >= 4 is 25.1 Å². The molecule has 1 aliphatic heterocycles. The fourth-order valence-electron chi connectivity index (χ4n) is 3.01. The van der Waals surface area contributed by atoms with E-state index in [0.717, 1.165) is 49.1 Å². The second-order valence-electron chi connectivity index (χ2n) is 5.71. The SMILES string of the molecule is Oc1ccc2ncnc(N3CCC(CCP(O)O)CC3)c2c1. The minimum Gasteiger partial charge on any atom is -0.508 e. The Morgan fingerprint density at radius 2 is 1.95 bits per heavy atom. The van der Waals surface area contributed by atoms with Gasteiger partial charge in [-0.25, -0.2) is 9.97 Å². The van der Waals surface area contributed by atoms with Crippen molar-refractivity contribution in [2.45, 2.75) is 19.3 Å². The predicted molar refractivity (Wildman–Crippen MR) is 87.0 cm³/mol. The van der Waals surface area contributed by atoms with Gasteiger partial charge in [0.05, 0.1) is 5.52 Å². The van der Waals surface area contributed by atoms with Crippen molar-refractivity contribution in [3.8, 4) is 5.75 Å². The summed E-state index contributed by atoms with van der Waals surface area (Å²) in [5, 5.41) is 10.6. The van der Waals surface area contributed by atoms with Gasteiger partial charge in [-0.2, -0.15) is 0 Å². The summed E-state index contributed by atoms with van der Waals surface area (Å²) in [4.78, 5) is 28.9. The molecule has 1 aromatic carbocycles. The van der Waals surface area contributed by atoms with E-state index in [4.69, 9.17) is 9.79 Å². The number of phenolic OH excluding ortho intramolecular Hbond substituents is 1. The molecule has 3 rings (SSSR count). The Labute approximate surface area is 130 Å². The number of benzene rings is 1. The van der Waals surface area contributed by atoms with Crippen LogP contribution in [0.4, 0.5) is 5.82 Å². The van der Waals surface area contributed by atoms with Gasteiger partial charge in [-0.05, 0) is 43.4 Å². The summed E-state index contributed by atoms with van der Waals surface area (Å²) < 4.78 is 0. The van der Waals surface area contributed by atoms with Crippen LogP contribution in [-0.2, 0) is 0 Å². The van der Waals surface area contributed by atoms with Gasteiger partial charge in [-0.1, -0.05) is 0 Å². The minimum atomic E-state index is -1.77. The lowest BCUT2D eigenvalue weighted by molar-refractivity contribution is 0.386. The van der Waals surface area contributed by atoms with Gasteiger partial charge in [0.2, 0.25) is 0 Å². The van der Waals surface area contributed by atoms with Gasteiger partial charge in [-0.15, -0.1) is 0 Å². The van der Waals surface area contributed by atoms with Crippen LogP contribution >= 0.6 is 8.38 Å². The van der Waals surface area contributed by atoms with Crippen LogP contribution in [0.15, 0.2) is 24.5 Å². The van der Waals surface area contributed by atoms with Crippen molar-refractivity contribution in [2.24, 2.45) is 5.92 Å². The quantitative estimate of drug-likeness (QED) is 0.748. The van der Waals surface area contributed by atoms with Crippen LogP contribution < -0.4 is 4.90 Å². The van der Waals surface area contributed by atoms with Crippen molar-refractivity contribution in [1.29, 1.82) is 0 Å². The first kappa shape index (κ1) is 15.4. The maximum Gasteiger partial charge on any atom is 0.164 e. The Morgan fingerprint density at radius 1 is 1.18 bits per heavy atom. The molecule has 1 aromatic heterocycles. The maximum absolute atomic E-state index is 9.70. The smallest absolute Gasteiger partial charge is 0.164 e. The molecule has 0 unspecified atom stereocenters. The molecular weight excluding hydrogens is 301 g/mol. The summed E-state index contributed by atoms with van der Waals surface area (Å²) in [5.74, 6) is 1.63. The van der Waals surface area contributed by atoms with Gasteiger partial charge in [0.25, 0.3) is 0 Å². The number of aromatic hydroxyl groups is 1. The molecule has 1 saturated heterocycles. The zero-order valence-corrected chi connectivity index (χ0v) is 13.2. The molecule has 0 aliphatic carbocycles. The minimum absolute atomic E-state index is 0.220. The molecule has 0 bridgehead atoms. The Kier molecular flexibility index (Phi) is 4.71. The number of hydrogen-bond acceptors (Lipinski definition) is 6. The van der Waals surface area contributed by atoms with Gasteiger partial charge in [-0.3, -0.25) is 0 Å². The van der Waals surface area contributed by atoms with Crippen LogP contribution in [0.1, 0.15) is 19.3 Å². The largest absolute Gasteiger partial charge is 0.508 e. The molecule has 1 aliphatic rings. The summed E-state index contributed by atoms with van der Waals surface area (Å²) in [6, 6.07) is 5.14. The molecular formula is C15H20N3O3P. The van der Waals surface area contributed by atoms with Crippen LogP contribution in [0.25, 0.3) is 10.9 Å². The van der Waals surface area contributed by atoms with Crippen molar-refractivity contribution in [1.82, 2.24) is 9.97 Å². The summed E-state index contributed by atoms with van der Waals surface area (Å²) in [7, 11) is -1.77. The van der Waals surface area contributed by atoms with Crippen molar-refractivity contribution in [2.75, 3.05) is 24.2 Å². The first-order valence-electron chi connectivity index (χ1n) is 7.47. The lowest BCUT2D eigenvalue weighted by Crippen LogP contribution is -2.34. The Bertz CT molecular complexity index is 645. The summed E-state index contributed by atoms with van der Waals surface area (Å²) in [6.07, 6.45) is 4.98. The van der Waals surface area contributed by atoms with Gasteiger partial charge < -0.3 is 19.8 Å². The molecule has 3 N–H and O–H groups in total. The van der Waals surface area contributed by atoms with Crippen LogP contribution in [0, 0.1) is 5.92 Å². The van der Waals surface area contributed by atoms with E-state index in [2.05, 4.69) is 14.9 Å². The number of rotatable bonds is 4. The number of phenols is 1. The summed E-state index contributed by atoms with van der Waals surface area (Å²) >= 11 is 0. The molecule has 1 fully saturated rings. The normalized spacial score (nSPS) is 16.6. The molecule has 6 nitrogen and oxygen atoms in total. The van der Waals surface area contributed by atoms with Crippen LogP contribution in [0.5, 0.6) is 5.75 Å². The van der Waals surface area contributed by atoms with Gasteiger partial charge in [0.1, 0.15) is 17.9 Å². The molecule has 22 heavy (non-hydrogen) atoms. The topological polar surface area (TPSA) is 89.7 Å². The van der Waals surface area contributed by atoms with Crippen molar-refractivity contribution in [3.05, 3.63) is 24.5 Å². The number of fused-ring (bicyclic) bond motifs is 1. The highest BCUT2D eigenvalue weighted by Gasteiger charge is 2.22. The second kappa shape index (κ2) is 6.73. The number of nitrogens with zero attached hydrogens (tertiary/aromatic N) is 3. The third-order valence-electron chi connectivity index (χ3n) is 4.25. The van der Waals surface area contributed by atoms with Gasteiger partial charge in [0.15, 0.2) is 8.38 Å². The zero-order valence-electron chi connectivity index (χ0n) is 12.3. The van der Waals surface area contributed by atoms with Crippen molar-refractivity contribution in [3.63, 3.8) is 0 Å². The van der Waals surface area contributed by atoms with Gasteiger partial charge >= 0.3 is 0 Å². The zero-order chi connectivity index (χ0) is 15.5. The van der Waals surface area contributed by atoms with Crippen LogP contribution in [0.2, 0.25) is 0 Å². The van der Waals surface area contributed by atoms with E-state index in [1.165, 1.54) is 0 Å². The highest BCUT2D eigenvalue weighted by atomic mass is 31.2.